The van der Waals surface area contributed by atoms with Crippen LogP contribution < -0.4 is 10.1 Å². The van der Waals surface area contributed by atoms with Crippen LogP contribution >= 0.6 is 0 Å². The number of piperidine rings is 1. The Hall–Kier alpha value is -4.03. The third kappa shape index (κ3) is 5.92. The first kappa shape index (κ1) is 27.5. The molecule has 3 aliphatic heterocycles. The van der Waals surface area contributed by atoms with Crippen molar-refractivity contribution in [3.8, 4) is 5.88 Å². The molecule has 2 unspecified atom stereocenters. The van der Waals surface area contributed by atoms with Crippen LogP contribution in [0.5, 0.6) is 5.88 Å². The molecule has 0 spiro atoms. The van der Waals surface area contributed by atoms with Crippen LogP contribution in [0.2, 0.25) is 0 Å². The van der Waals surface area contributed by atoms with E-state index < -0.39 is 36.7 Å². The van der Waals surface area contributed by atoms with E-state index in [0.717, 1.165) is 23.3 Å². The smallest absolute Gasteiger partial charge is 0.407 e. The van der Waals surface area contributed by atoms with E-state index in [4.69, 9.17) is 14.2 Å². The molecule has 0 radical (unpaired) electrons. The van der Waals surface area contributed by atoms with Crippen LogP contribution in [0.4, 0.5) is 4.79 Å². The van der Waals surface area contributed by atoms with E-state index in [0.29, 0.717) is 35.8 Å². The highest BCUT2D eigenvalue weighted by atomic mass is 16.5. The van der Waals surface area contributed by atoms with E-state index in [2.05, 4.69) is 10.3 Å². The van der Waals surface area contributed by atoms with Gasteiger partial charge in [0.2, 0.25) is 11.8 Å². The molecule has 12 heteroatoms. The first-order valence-electron chi connectivity index (χ1n) is 13.4. The SMILES string of the molecule is CC(NC(=O)OCc1ccc(OC2CCOCC2)nc1)c1ccc2c(c1)C(=O)N(C1CCC(=O)N(CO)C1=O)C2. The summed E-state index contributed by atoms with van der Waals surface area (Å²) in [4.78, 5) is 56.7. The molecule has 2 saturated heterocycles. The van der Waals surface area contributed by atoms with Gasteiger partial charge in [-0.25, -0.2) is 9.78 Å². The van der Waals surface area contributed by atoms with Gasteiger partial charge in [0.25, 0.3) is 11.8 Å². The Balaban J connectivity index is 1.13. The number of nitrogens with one attached hydrogen (secondary N) is 1. The minimum Gasteiger partial charge on any atom is -0.474 e. The van der Waals surface area contributed by atoms with Crippen molar-refractivity contribution in [2.24, 2.45) is 0 Å². The number of carbonyl (C=O) groups is 4. The van der Waals surface area contributed by atoms with Crippen LogP contribution in [-0.4, -0.2) is 75.8 Å². The van der Waals surface area contributed by atoms with Crippen molar-refractivity contribution in [3.05, 3.63) is 58.8 Å². The number of aromatic nitrogens is 1. The van der Waals surface area contributed by atoms with E-state index in [-0.39, 0.29) is 38.0 Å². The van der Waals surface area contributed by atoms with E-state index >= 15 is 0 Å². The fourth-order valence-electron chi connectivity index (χ4n) is 5.10. The monoisotopic (exact) mass is 552 g/mol. The molecular weight excluding hydrogens is 520 g/mol. The number of carbonyl (C=O) groups excluding carboxylic acids is 4. The second-order valence-electron chi connectivity index (χ2n) is 10.1. The molecule has 2 N–H and O–H groups in total. The lowest BCUT2D eigenvalue weighted by molar-refractivity contribution is -0.156. The molecule has 2 aromatic rings. The Labute approximate surface area is 231 Å². The van der Waals surface area contributed by atoms with Gasteiger partial charge in [-0.1, -0.05) is 12.1 Å². The van der Waals surface area contributed by atoms with Crippen molar-refractivity contribution in [3.63, 3.8) is 0 Å². The zero-order valence-electron chi connectivity index (χ0n) is 22.2. The lowest BCUT2D eigenvalue weighted by Gasteiger charge is -2.34. The number of alkyl carbamates (subject to hydrolysis) is 1. The summed E-state index contributed by atoms with van der Waals surface area (Å²) >= 11 is 0. The molecule has 4 amide bonds. The van der Waals surface area contributed by atoms with Crippen LogP contribution in [0, 0.1) is 0 Å². The molecule has 0 aliphatic carbocycles. The Bertz CT molecular complexity index is 1280. The van der Waals surface area contributed by atoms with Gasteiger partial charge in [0.05, 0.1) is 19.3 Å². The average Bonchev–Trinajstić information content (AvgIpc) is 3.29. The third-order valence-electron chi connectivity index (χ3n) is 7.42. The number of rotatable bonds is 8. The van der Waals surface area contributed by atoms with Gasteiger partial charge in [-0.15, -0.1) is 0 Å². The summed E-state index contributed by atoms with van der Waals surface area (Å²) in [6.45, 7) is 2.69. The predicted octanol–water partition coefficient (Wildman–Crippen LogP) is 2.05. The van der Waals surface area contributed by atoms with Gasteiger partial charge in [0.15, 0.2) is 0 Å². The van der Waals surface area contributed by atoms with Gasteiger partial charge in [-0.05, 0) is 36.6 Å². The number of amides is 4. The minimum absolute atomic E-state index is 0.0313. The third-order valence-corrected chi connectivity index (χ3v) is 7.42. The summed E-state index contributed by atoms with van der Waals surface area (Å²) < 4.78 is 16.5. The molecule has 3 aliphatic rings. The van der Waals surface area contributed by atoms with Crippen LogP contribution in [0.1, 0.15) is 65.7 Å². The molecule has 2 fully saturated rings. The molecule has 1 aromatic heterocycles. The molecular formula is C28H32N4O8. The lowest BCUT2D eigenvalue weighted by atomic mass is 10.0. The van der Waals surface area contributed by atoms with Crippen LogP contribution in [-0.2, 0) is 32.2 Å². The highest BCUT2D eigenvalue weighted by Gasteiger charge is 2.42. The number of ether oxygens (including phenoxy) is 3. The van der Waals surface area contributed by atoms with Crippen LogP contribution in [0.3, 0.4) is 0 Å². The van der Waals surface area contributed by atoms with E-state index in [9.17, 15) is 24.3 Å². The van der Waals surface area contributed by atoms with E-state index in [1.807, 2.05) is 6.07 Å². The topological polar surface area (TPSA) is 148 Å². The van der Waals surface area contributed by atoms with Gasteiger partial charge in [0, 0.05) is 49.2 Å². The number of benzene rings is 1. The van der Waals surface area contributed by atoms with Gasteiger partial charge < -0.3 is 29.5 Å². The zero-order chi connectivity index (χ0) is 28.2. The molecule has 12 nitrogen and oxygen atoms in total. The van der Waals surface area contributed by atoms with Crippen molar-refractivity contribution in [2.45, 2.75) is 63.9 Å². The molecule has 1 aromatic carbocycles. The summed E-state index contributed by atoms with van der Waals surface area (Å²) in [6.07, 6.45) is 3.02. The van der Waals surface area contributed by atoms with E-state index in [1.165, 1.54) is 4.90 Å². The number of imide groups is 1. The molecule has 4 heterocycles. The summed E-state index contributed by atoms with van der Waals surface area (Å²) in [6, 6.07) is 7.59. The number of aliphatic hydroxyl groups is 1. The highest BCUT2D eigenvalue weighted by molar-refractivity contribution is 6.05. The standard InChI is InChI=1S/C28H32N4O8/c1-17(30-28(37)39-15-18-2-6-24(29-13-18)40-21-8-10-38-11-9-21)19-3-4-20-14-31(26(35)22(20)12-19)23-5-7-25(34)32(16-33)27(23)36/h2-4,6,12-13,17,21,23,33H,5,7-11,14-16H2,1H3,(H,30,37). The number of hydrogen-bond donors (Lipinski definition) is 2. The Morgan fingerprint density at radius 3 is 2.70 bits per heavy atom. The molecule has 5 rings (SSSR count). The Morgan fingerprint density at radius 2 is 1.98 bits per heavy atom. The fraction of sp³-hybridized carbons (Fsp3) is 0.464. The fourth-order valence-corrected chi connectivity index (χ4v) is 5.10. The first-order valence-corrected chi connectivity index (χ1v) is 13.4. The van der Waals surface area contributed by atoms with Crippen LogP contribution in [0.25, 0.3) is 0 Å². The Morgan fingerprint density at radius 1 is 1.18 bits per heavy atom. The normalized spacial score (nSPS) is 20.4. The summed E-state index contributed by atoms with van der Waals surface area (Å²) in [5, 5.41) is 12.2. The molecule has 0 saturated carbocycles. The van der Waals surface area contributed by atoms with Crippen molar-refractivity contribution in [1.29, 1.82) is 0 Å². The summed E-state index contributed by atoms with van der Waals surface area (Å²) in [5.74, 6) is -0.830. The number of hydrogen-bond acceptors (Lipinski definition) is 9. The summed E-state index contributed by atoms with van der Waals surface area (Å²) in [5.41, 5.74) is 2.60. The van der Waals surface area contributed by atoms with Crippen molar-refractivity contribution < 1.29 is 38.5 Å². The maximum absolute atomic E-state index is 13.2. The molecule has 0 bridgehead atoms. The average molecular weight is 553 g/mol. The van der Waals surface area contributed by atoms with Crippen molar-refractivity contribution in [1.82, 2.24) is 20.1 Å². The molecule has 2 atom stereocenters. The van der Waals surface area contributed by atoms with Crippen molar-refractivity contribution in [2.75, 3.05) is 19.9 Å². The molecule has 40 heavy (non-hydrogen) atoms. The lowest BCUT2D eigenvalue weighted by Crippen LogP contribution is -2.54. The minimum atomic E-state index is -0.810. The van der Waals surface area contributed by atoms with Crippen molar-refractivity contribution >= 4 is 23.8 Å². The highest BCUT2D eigenvalue weighted by Crippen LogP contribution is 2.31. The maximum Gasteiger partial charge on any atom is 0.407 e. The Kier molecular flexibility index (Phi) is 8.27. The largest absolute Gasteiger partial charge is 0.474 e. The van der Waals surface area contributed by atoms with Crippen LogP contribution in [0.15, 0.2) is 36.5 Å². The number of likely N-dealkylation sites (tertiary alicyclic amines) is 1. The second-order valence-corrected chi connectivity index (χ2v) is 10.1. The number of fused-ring (bicyclic) bond motifs is 1. The number of pyridine rings is 1. The maximum atomic E-state index is 13.2. The van der Waals surface area contributed by atoms with Gasteiger partial charge in [0.1, 0.15) is 25.5 Å². The van der Waals surface area contributed by atoms with Gasteiger partial charge in [-0.2, -0.15) is 0 Å². The van der Waals surface area contributed by atoms with E-state index in [1.54, 1.807) is 37.4 Å². The predicted molar refractivity (Wildman–Crippen MR) is 139 cm³/mol. The second kappa shape index (κ2) is 12.0. The zero-order valence-corrected chi connectivity index (χ0v) is 22.2. The molecule has 212 valence electrons. The van der Waals surface area contributed by atoms with Gasteiger partial charge >= 0.3 is 6.09 Å². The number of nitrogens with zero attached hydrogens (tertiary/aromatic N) is 3. The number of aliphatic hydroxyl groups excluding tert-OH is 1. The summed E-state index contributed by atoms with van der Waals surface area (Å²) in [7, 11) is 0. The quantitative estimate of drug-likeness (QED) is 0.470. The first-order chi connectivity index (χ1) is 19.3. The van der Waals surface area contributed by atoms with Gasteiger partial charge in [-0.3, -0.25) is 19.3 Å².